The highest BCUT2D eigenvalue weighted by molar-refractivity contribution is 14.1. The Morgan fingerprint density at radius 2 is 0.563 bits per heavy atom. The van der Waals surface area contributed by atoms with Gasteiger partial charge in [-0.3, -0.25) is 0 Å². The lowest BCUT2D eigenvalue weighted by Crippen LogP contribution is -2.41. The summed E-state index contributed by atoms with van der Waals surface area (Å²) in [7, 11) is -1.85. The highest BCUT2D eigenvalue weighted by atomic mass is 127. The van der Waals surface area contributed by atoms with Crippen LogP contribution >= 0.6 is 54.5 Å². The van der Waals surface area contributed by atoms with E-state index in [1.54, 1.807) is 0 Å². The van der Waals surface area contributed by atoms with Crippen molar-refractivity contribution in [1.82, 2.24) is 0 Å². The fourth-order valence-electron chi connectivity index (χ4n) is 10.1. The maximum Gasteiger partial charge on any atom is 0.494 e. The second kappa shape index (κ2) is 29.3. The van der Waals surface area contributed by atoms with Crippen LogP contribution < -0.4 is 10.9 Å². The number of halogens is 3. The van der Waals surface area contributed by atoms with Gasteiger partial charge in [-0.15, -0.1) is 0 Å². The molecule has 12 aromatic rings. The topological polar surface area (TPSA) is 58.9 Å². The van der Waals surface area contributed by atoms with Crippen LogP contribution in [0.5, 0.6) is 0 Å². The summed E-state index contributed by atoms with van der Waals surface area (Å²) in [5.74, 6) is 0. The fraction of sp³-hybridized carbons (Fsp3) is 0.0769. The van der Waals surface area contributed by atoms with Crippen LogP contribution in [0.1, 0.15) is 27.7 Å². The van der Waals surface area contributed by atoms with E-state index in [-0.39, 0.29) is 18.3 Å². The number of rotatable bonds is 10. The zero-order valence-corrected chi connectivity index (χ0v) is 54.3. The SMILES string of the molecule is Brc1cccc(-c2cc(-c3ccccc3)cc(-c3ccccc3)c2)c1.Brc1cccc(I)c1.CC1(C)OB(c2cccc(-c3cc(-c4ccccc4)cc(-c4ccccc4)c3)c2)OC1(C)C.OB(O)c1cc(-c2ccccc2)cc(-c2ccccc2)c1. The molecule has 1 heterocycles. The van der Waals surface area contributed by atoms with E-state index in [2.05, 4.69) is 307 Å². The first-order chi connectivity index (χ1) is 42.1. The van der Waals surface area contributed by atoms with E-state index >= 15 is 0 Å². The Labute approximate surface area is 544 Å². The molecule has 0 saturated carbocycles. The van der Waals surface area contributed by atoms with Crippen molar-refractivity contribution in [3.05, 3.63) is 322 Å². The first-order valence-electron chi connectivity index (χ1n) is 28.9. The molecule has 87 heavy (non-hydrogen) atoms. The van der Waals surface area contributed by atoms with Crippen LogP contribution in [-0.2, 0) is 9.31 Å². The van der Waals surface area contributed by atoms with E-state index in [1.807, 2.05) is 84.9 Å². The van der Waals surface area contributed by atoms with Gasteiger partial charge in [0.2, 0.25) is 0 Å². The molecule has 0 unspecified atom stereocenters. The lowest BCUT2D eigenvalue weighted by Gasteiger charge is -2.32. The maximum absolute atomic E-state index is 9.52. The van der Waals surface area contributed by atoms with Gasteiger partial charge >= 0.3 is 14.2 Å². The highest BCUT2D eigenvalue weighted by Gasteiger charge is 2.51. The van der Waals surface area contributed by atoms with Gasteiger partial charge in [0.05, 0.1) is 11.2 Å². The van der Waals surface area contributed by atoms with Crippen LogP contribution in [0.15, 0.2) is 318 Å². The summed E-state index contributed by atoms with van der Waals surface area (Å²) in [6.07, 6.45) is 0. The third-order valence-electron chi connectivity index (χ3n) is 15.5. The summed E-state index contributed by atoms with van der Waals surface area (Å²) in [4.78, 5) is 0. The molecule has 0 radical (unpaired) electrons. The molecule has 9 heteroatoms. The molecule has 0 aliphatic carbocycles. The van der Waals surface area contributed by atoms with Crippen LogP contribution in [0.2, 0.25) is 0 Å². The minimum atomic E-state index is -1.48. The molecule has 0 aromatic heterocycles. The molecular weight excluding hydrogens is 1310 g/mol. The van der Waals surface area contributed by atoms with E-state index in [9.17, 15) is 10.0 Å². The molecule has 0 spiro atoms. The molecule has 1 aliphatic heterocycles. The van der Waals surface area contributed by atoms with Crippen LogP contribution in [0, 0.1) is 3.57 Å². The Bertz CT molecular complexity index is 3970. The fourth-order valence-corrected chi connectivity index (χ4v) is 11.9. The van der Waals surface area contributed by atoms with Crippen LogP contribution in [0.4, 0.5) is 0 Å². The molecule has 0 bridgehead atoms. The monoisotopic (exact) mass is 1370 g/mol. The molecular formula is C78H65B2Br2IO4. The molecule has 428 valence electrons. The molecule has 4 nitrogen and oxygen atoms in total. The van der Waals surface area contributed by atoms with E-state index in [4.69, 9.17) is 9.31 Å². The van der Waals surface area contributed by atoms with E-state index < -0.39 is 7.12 Å². The van der Waals surface area contributed by atoms with E-state index in [0.717, 1.165) is 42.2 Å². The van der Waals surface area contributed by atoms with E-state index in [1.165, 1.54) is 64.8 Å². The maximum atomic E-state index is 9.52. The summed E-state index contributed by atoms with van der Waals surface area (Å²) < 4.78 is 16.1. The molecule has 0 amide bonds. The molecule has 12 aromatic carbocycles. The Kier molecular flexibility index (Phi) is 21.0. The standard InChI is InChI=1S/C30H29BO2.C24H17Br.C18H15BO2.C6H4BrI/c1-29(2)30(3,4)33-31(32-29)28-17-11-16-24(21-28)27-19-25(22-12-7-5-8-13-22)18-26(20-27)23-14-9-6-10-15-23;25-24-13-7-12-20(17-24)23-15-21(18-8-3-1-4-9-18)14-22(16-23)19-10-5-2-6-11-19;20-19(21)18-12-16(14-7-3-1-4-8-14)11-17(13-18)15-9-5-2-6-10-15;7-5-2-1-3-6(8)4-5/h5-21H,1-4H3;1-17H;1-13,20-21H;1-4H. The molecule has 1 saturated heterocycles. The molecule has 13 rings (SSSR count). The zero-order valence-electron chi connectivity index (χ0n) is 48.9. The number of hydrogen-bond donors (Lipinski definition) is 2. The normalized spacial score (nSPS) is 12.7. The predicted octanol–water partition coefficient (Wildman–Crippen LogP) is 20.2. The predicted molar refractivity (Wildman–Crippen MR) is 383 cm³/mol. The van der Waals surface area contributed by atoms with Gasteiger partial charge in [0.1, 0.15) is 0 Å². The zero-order chi connectivity index (χ0) is 60.8. The summed E-state index contributed by atoms with van der Waals surface area (Å²) in [5, 5.41) is 19.0. The Hall–Kier alpha value is -7.70. The Morgan fingerprint density at radius 3 is 0.851 bits per heavy atom. The van der Waals surface area contributed by atoms with Crippen molar-refractivity contribution >= 4 is 79.6 Å². The summed E-state index contributed by atoms with van der Waals surface area (Å²) in [5.41, 5.74) is 19.4. The lowest BCUT2D eigenvalue weighted by molar-refractivity contribution is 0.00578. The smallest absolute Gasteiger partial charge is 0.423 e. The molecule has 1 aliphatic rings. The lowest BCUT2D eigenvalue weighted by atomic mass is 9.77. The summed E-state index contributed by atoms with van der Waals surface area (Å²) in [6, 6.07) is 107. The highest BCUT2D eigenvalue weighted by Crippen LogP contribution is 2.39. The van der Waals surface area contributed by atoms with Crippen molar-refractivity contribution < 1.29 is 19.4 Å². The Morgan fingerprint density at radius 1 is 0.299 bits per heavy atom. The second-order valence-corrected chi connectivity index (χ2v) is 25.3. The molecule has 0 atom stereocenters. The third-order valence-corrected chi connectivity index (χ3v) is 17.1. The van der Waals surface area contributed by atoms with Gasteiger partial charge in [-0.05, 0) is 223 Å². The van der Waals surface area contributed by atoms with Crippen LogP contribution in [0.3, 0.4) is 0 Å². The van der Waals surface area contributed by atoms with Gasteiger partial charge in [-0.25, -0.2) is 0 Å². The third kappa shape index (κ3) is 16.7. The van der Waals surface area contributed by atoms with Crippen molar-refractivity contribution in [1.29, 1.82) is 0 Å². The first-order valence-corrected chi connectivity index (χ1v) is 31.6. The average molecular weight is 1370 g/mol. The van der Waals surface area contributed by atoms with Gasteiger partial charge in [0.15, 0.2) is 0 Å². The summed E-state index contributed by atoms with van der Waals surface area (Å²) >= 11 is 9.22. The summed E-state index contributed by atoms with van der Waals surface area (Å²) in [6.45, 7) is 8.36. The minimum Gasteiger partial charge on any atom is -0.423 e. The van der Waals surface area contributed by atoms with Gasteiger partial charge < -0.3 is 19.4 Å². The van der Waals surface area contributed by atoms with Gasteiger partial charge in [0.25, 0.3) is 0 Å². The minimum absolute atomic E-state index is 0.360. The van der Waals surface area contributed by atoms with Gasteiger partial charge in [-0.1, -0.05) is 268 Å². The molecule has 1 fully saturated rings. The first kappa shape index (κ1) is 62.4. The number of benzene rings is 12. The van der Waals surface area contributed by atoms with Crippen LogP contribution in [-0.4, -0.2) is 35.5 Å². The van der Waals surface area contributed by atoms with Crippen molar-refractivity contribution in [3.63, 3.8) is 0 Å². The van der Waals surface area contributed by atoms with Crippen molar-refractivity contribution in [3.8, 4) is 89.0 Å². The molecule has 2 N–H and O–H groups in total. The van der Waals surface area contributed by atoms with Crippen LogP contribution in [0.25, 0.3) is 89.0 Å². The largest absolute Gasteiger partial charge is 0.494 e. The van der Waals surface area contributed by atoms with Crippen molar-refractivity contribution in [2.75, 3.05) is 0 Å². The average Bonchev–Trinajstić information content (AvgIpc) is 2.51. The van der Waals surface area contributed by atoms with Gasteiger partial charge in [-0.2, -0.15) is 0 Å². The Balaban J connectivity index is 0.000000138. The number of hydrogen-bond acceptors (Lipinski definition) is 4. The van der Waals surface area contributed by atoms with Crippen molar-refractivity contribution in [2.45, 2.75) is 38.9 Å². The second-order valence-electron chi connectivity index (χ2n) is 22.2. The quantitative estimate of drug-likeness (QED) is 0.106. The van der Waals surface area contributed by atoms with Gasteiger partial charge in [0, 0.05) is 12.5 Å². The van der Waals surface area contributed by atoms with Crippen molar-refractivity contribution in [2.24, 2.45) is 0 Å². The van der Waals surface area contributed by atoms with E-state index in [0.29, 0.717) is 5.46 Å².